The van der Waals surface area contributed by atoms with Crippen LogP contribution in [0.1, 0.15) is 11.1 Å². The van der Waals surface area contributed by atoms with E-state index in [1.807, 2.05) is 0 Å². The van der Waals surface area contributed by atoms with Crippen molar-refractivity contribution in [2.75, 3.05) is 0 Å². The lowest BCUT2D eigenvalue weighted by atomic mass is 10.1. The van der Waals surface area contributed by atoms with Gasteiger partial charge in [-0.15, -0.1) is 5.75 Å². The zero-order valence-corrected chi connectivity index (χ0v) is 9.24. The Bertz CT molecular complexity index is 494. The fourth-order valence-corrected chi connectivity index (χ4v) is 2.13. The molecule has 0 aliphatic carbocycles. The maximum absolute atomic E-state index is 12.2. The molecule has 90 valence electrons. The summed E-state index contributed by atoms with van der Waals surface area (Å²) < 4.78 is 58.7. The lowest BCUT2D eigenvalue weighted by Gasteiger charge is -2.16. The average Bonchev–Trinajstić information content (AvgIpc) is 2.11. The van der Waals surface area contributed by atoms with E-state index in [4.69, 9.17) is 0 Å². The molecule has 0 saturated heterocycles. The van der Waals surface area contributed by atoms with Gasteiger partial charge in [-0.05, 0) is 26.0 Å². The zero-order valence-electron chi connectivity index (χ0n) is 8.42. The molecule has 1 aromatic rings. The topological polar surface area (TPSA) is 57.2 Å². The summed E-state index contributed by atoms with van der Waals surface area (Å²) >= 11 is 0. The van der Waals surface area contributed by atoms with Crippen LogP contribution in [0.4, 0.5) is 13.2 Å². The van der Waals surface area contributed by atoms with Crippen LogP contribution in [0, 0.1) is 13.8 Å². The van der Waals surface area contributed by atoms with Crippen LogP contribution in [-0.4, -0.2) is 13.9 Å². The summed E-state index contributed by atoms with van der Waals surface area (Å²) in [6.07, 6.45) is 0. The predicted octanol–water partition coefficient (Wildman–Crippen LogP) is 1.67. The number of halogens is 3. The van der Waals surface area contributed by atoms with E-state index < -0.39 is 26.0 Å². The van der Waals surface area contributed by atoms with E-state index in [2.05, 4.69) is 0 Å². The maximum atomic E-state index is 12.2. The van der Waals surface area contributed by atoms with E-state index in [1.54, 1.807) is 0 Å². The molecule has 1 rings (SSSR count). The van der Waals surface area contributed by atoms with Gasteiger partial charge in [0, 0.05) is 0 Å². The normalized spacial score (nSPS) is 12.8. The number of alkyl halides is 3. The molecule has 0 N–H and O–H groups in total. The van der Waals surface area contributed by atoms with Crippen molar-refractivity contribution in [1.82, 2.24) is 0 Å². The zero-order chi connectivity index (χ0) is 12.7. The Hall–Kier alpha value is -1.24. The second kappa shape index (κ2) is 3.65. The standard InChI is InChI=1S/C9H9F3O3S/c1-5-3-7(4-6(2)8(5)13)16(14,15)9(10,11)12/h3-4,13H,1-2H3/p-1. The van der Waals surface area contributed by atoms with Crippen molar-refractivity contribution >= 4 is 9.84 Å². The number of aryl methyl sites for hydroxylation is 2. The van der Waals surface area contributed by atoms with Crippen molar-refractivity contribution in [2.24, 2.45) is 0 Å². The summed E-state index contributed by atoms with van der Waals surface area (Å²) in [5.74, 6) is -0.457. The van der Waals surface area contributed by atoms with Crippen molar-refractivity contribution < 1.29 is 26.7 Å². The van der Waals surface area contributed by atoms with Gasteiger partial charge in [-0.25, -0.2) is 8.42 Å². The molecule has 0 fully saturated rings. The van der Waals surface area contributed by atoms with E-state index in [0.717, 1.165) is 12.1 Å². The molecule has 1 aromatic carbocycles. The molecule has 16 heavy (non-hydrogen) atoms. The molecule has 0 heterocycles. The number of rotatable bonds is 1. The van der Waals surface area contributed by atoms with Gasteiger partial charge >= 0.3 is 5.51 Å². The van der Waals surface area contributed by atoms with Crippen LogP contribution in [0.15, 0.2) is 17.0 Å². The maximum Gasteiger partial charge on any atom is 0.501 e. The second-order valence-electron chi connectivity index (χ2n) is 3.34. The fourth-order valence-electron chi connectivity index (χ4n) is 1.20. The molecule has 3 nitrogen and oxygen atoms in total. The van der Waals surface area contributed by atoms with E-state index in [-0.39, 0.29) is 11.1 Å². The first-order chi connectivity index (χ1) is 7.07. The Morgan fingerprint density at radius 2 is 1.50 bits per heavy atom. The van der Waals surface area contributed by atoms with Gasteiger partial charge in [0.1, 0.15) is 0 Å². The molecular formula is C9H8F3O3S-. The Morgan fingerprint density at radius 3 is 1.81 bits per heavy atom. The minimum absolute atomic E-state index is 0.0252. The highest BCUT2D eigenvalue weighted by Gasteiger charge is 2.46. The van der Waals surface area contributed by atoms with E-state index >= 15 is 0 Å². The van der Waals surface area contributed by atoms with Crippen molar-refractivity contribution in [1.29, 1.82) is 0 Å². The van der Waals surface area contributed by atoms with Crippen molar-refractivity contribution in [3.8, 4) is 5.75 Å². The summed E-state index contributed by atoms with van der Waals surface area (Å²) in [6.45, 7) is 2.54. The Balaban J connectivity index is 3.49. The first-order valence-corrected chi connectivity index (χ1v) is 5.65. The smallest absolute Gasteiger partial charge is 0.501 e. The van der Waals surface area contributed by atoms with Gasteiger partial charge in [0.2, 0.25) is 0 Å². The summed E-state index contributed by atoms with van der Waals surface area (Å²) in [5.41, 5.74) is -5.40. The molecule has 0 aliphatic rings. The summed E-state index contributed by atoms with van der Waals surface area (Å²) in [5, 5.41) is 11.2. The van der Waals surface area contributed by atoms with Gasteiger partial charge in [0.15, 0.2) is 0 Å². The van der Waals surface area contributed by atoms with Gasteiger partial charge in [-0.1, -0.05) is 11.1 Å². The molecule has 0 aliphatic heterocycles. The highest BCUT2D eigenvalue weighted by molar-refractivity contribution is 7.92. The predicted molar refractivity (Wildman–Crippen MR) is 48.6 cm³/mol. The van der Waals surface area contributed by atoms with Crippen molar-refractivity contribution in [3.05, 3.63) is 23.3 Å². The van der Waals surface area contributed by atoms with Gasteiger partial charge < -0.3 is 5.11 Å². The quantitative estimate of drug-likeness (QED) is 0.765. The van der Waals surface area contributed by atoms with Crippen LogP contribution >= 0.6 is 0 Å². The molecule has 0 aromatic heterocycles. The van der Waals surface area contributed by atoms with Crippen LogP contribution in [0.25, 0.3) is 0 Å². The Kier molecular flexibility index (Phi) is 2.93. The first kappa shape index (κ1) is 12.8. The fraction of sp³-hybridized carbons (Fsp3) is 0.333. The van der Waals surface area contributed by atoms with Gasteiger partial charge in [0.25, 0.3) is 9.84 Å². The van der Waals surface area contributed by atoms with Crippen LogP contribution < -0.4 is 5.11 Å². The average molecular weight is 253 g/mol. The molecule has 7 heteroatoms. The molecule has 0 spiro atoms. The first-order valence-electron chi connectivity index (χ1n) is 4.17. The molecule has 0 bridgehead atoms. The molecule has 0 atom stereocenters. The van der Waals surface area contributed by atoms with Crippen LogP contribution in [0.3, 0.4) is 0 Å². The third kappa shape index (κ3) is 1.99. The van der Waals surface area contributed by atoms with E-state index in [1.165, 1.54) is 13.8 Å². The monoisotopic (exact) mass is 253 g/mol. The molecule has 0 unspecified atom stereocenters. The summed E-state index contributed by atoms with van der Waals surface area (Å²) in [4.78, 5) is -0.894. The largest absolute Gasteiger partial charge is 0.872 e. The van der Waals surface area contributed by atoms with Crippen molar-refractivity contribution in [3.63, 3.8) is 0 Å². The number of sulfone groups is 1. The number of benzene rings is 1. The van der Waals surface area contributed by atoms with E-state index in [0.29, 0.717) is 0 Å². The molecule has 0 radical (unpaired) electrons. The number of hydrogen-bond acceptors (Lipinski definition) is 3. The van der Waals surface area contributed by atoms with Gasteiger partial charge in [-0.2, -0.15) is 13.2 Å². The molecule has 0 amide bonds. The number of hydrogen-bond donors (Lipinski definition) is 0. The van der Waals surface area contributed by atoms with Crippen LogP contribution in [-0.2, 0) is 9.84 Å². The Labute approximate surface area is 90.4 Å². The second-order valence-corrected chi connectivity index (χ2v) is 5.28. The molecule has 0 saturated carbocycles. The van der Waals surface area contributed by atoms with Crippen molar-refractivity contribution in [2.45, 2.75) is 24.3 Å². The summed E-state index contributed by atoms with van der Waals surface area (Å²) in [7, 11) is -5.38. The van der Waals surface area contributed by atoms with Crippen LogP contribution in [0.5, 0.6) is 5.75 Å². The van der Waals surface area contributed by atoms with E-state index in [9.17, 15) is 26.7 Å². The minimum atomic E-state index is -5.38. The minimum Gasteiger partial charge on any atom is -0.872 e. The lowest BCUT2D eigenvalue weighted by Crippen LogP contribution is -2.23. The SMILES string of the molecule is Cc1cc(S(=O)(=O)C(F)(F)F)cc(C)c1[O-]. The van der Waals surface area contributed by atoms with Crippen LogP contribution in [0.2, 0.25) is 0 Å². The third-order valence-electron chi connectivity index (χ3n) is 2.05. The summed E-state index contributed by atoms with van der Waals surface area (Å²) in [6, 6.07) is 1.47. The lowest BCUT2D eigenvalue weighted by molar-refractivity contribution is -0.270. The highest BCUT2D eigenvalue weighted by Crippen LogP contribution is 2.32. The third-order valence-corrected chi connectivity index (χ3v) is 3.51. The Morgan fingerprint density at radius 1 is 1.12 bits per heavy atom. The van der Waals surface area contributed by atoms with Gasteiger partial charge in [-0.3, -0.25) is 0 Å². The van der Waals surface area contributed by atoms with Gasteiger partial charge in [0.05, 0.1) is 4.90 Å². The highest BCUT2D eigenvalue weighted by atomic mass is 32.2. The molecular weight excluding hydrogens is 245 g/mol.